The van der Waals surface area contributed by atoms with Crippen molar-refractivity contribution in [1.29, 1.82) is 0 Å². The Labute approximate surface area is 119 Å². The SMILES string of the molecule is O=C(CS(=O)(=O)Cc1n[nH]c(=S)s1)c1ccccc1. The number of ketones is 1. The van der Waals surface area contributed by atoms with Gasteiger partial charge in [0.15, 0.2) is 19.6 Å². The zero-order valence-electron chi connectivity index (χ0n) is 9.70. The largest absolute Gasteiger partial charge is 0.293 e. The van der Waals surface area contributed by atoms with Crippen molar-refractivity contribution in [2.75, 3.05) is 5.75 Å². The van der Waals surface area contributed by atoms with E-state index in [1.165, 1.54) is 0 Å². The molecule has 0 aliphatic rings. The van der Waals surface area contributed by atoms with Crippen LogP contribution in [-0.4, -0.2) is 30.2 Å². The Bertz CT molecular complexity index is 732. The Hall–Kier alpha value is -1.38. The normalized spacial score (nSPS) is 11.4. The van der Waals surface area contributed by atoms with Crippen molar-refractivity contribution in [1.82, 2.24) is 10.2 Å². The molecule has 1 N–H and O–H groups in total. The monoisotopic (exact) mass is 314 g/mol. The summed E-state index contributed by atoms with van der Waals surface area (Å²) in [6.07, 6.45) is 0. The van der Waals surface area contributed by atoms with Gasteiger partial charge in [-0.05, 0) is 12.2 Å². The van der Waals surface area contributed by atoms with E-state index in [0.29, 0.717) is 14.5 Å². The first-order chi connectivity index (χ1) is 8.96. The Kier molecular flexibility index (Phi) is 4.23. The zero-order valence-corrected chi connectivity index (χ0v) is 12.1. The van der Waals surface area contributed by atoms with Crippen LogP contribution in [0.4, 0.5) is 0 Å². The molecule has 2 aromatic rings. The van der Waals surface area contributed by atoms with Crippen LogP contribution >= 0.6 is 23.6 Å². The molecule has 1 heterocycles. The number of hydrogen-bond acceptors (Lipinski definition) is 6. The van der Waals surface area contributed by atoms with Gasteiger partial charge in [0, 0.05) is 5.56 Å². The second-order valence-electron chi connectivity index (χ2n) is 3.83. The van der Waals surface area contributed by atoms with E-state index in [1.807, 2.05) is 0 Å². The Balaban J connectivity index is 2.09. The van der Waals surface area contributed by atoms with E-state index in [-0.39, 0.29) is 5.75 Å². The number of H-pyrrole nitrogens is 1. The summed E-state index contributed by atoms with van der Waals surface area (Å²) in [5.74, 6) is -1.22. The van der Waals surface area contributed by atoms with Gasteiger partial charge in [0.25, 0.3) is 0 Å². The second kappa shape index (κ2) is 5.72. The van der Waals surface area contributed by atoms with E-state index in [1.54, 1.807) is 30.3 Å². The Morgan fingerprint density at radius 2 is 2.00 bits per heavy atom. The molecule has 0 aliphatic carbocycles. The molecule has 19 heavy (non-hydrogen) atoms. The summed E-state index contributed by atoms with van der Waals surface area (Å²) < 4.78 is 24.2. The van der Waals surface area contributed by atoms with Crippen LogP contribution in [0.1, 0.15) is 15.4 Å². The van der Waals surface area contributed by atoms with E-state index in [9.17, 15) is 13.2 Å². The molecule has 0 radical (unpaired) electrons. The first kappa shape index (κ1) is 14.0. The third kappa shape index (κ3) is 4.05. The summed E-state index contributed by atoms with van der Waals surface area (Å²) in [5.41, 5.74) is 0.390. The van der Waals surface area contributed by atoms with E-state index in [4.69, 9.17) is 12.2 Å². The fraction of sp³-hybridized carbons (Fsp3) is 0.182. The van der Waals surface area contributed by atoms with Crippen LogP contribution in [0.2, 0.25) is 0 Å². The second-order valence-corrected chi connectivity index (χ2v) is 7.64. The van der Waals surface area contributed by atoms with Crippen molar-refractivity contribution in [2.45, 2.75) is 5.75 Å². The van der Waals surface area contributed by atoms with Gasteiger partial charge in [0.2, 0.25) is 0 Å². The number of aromatic amines is 1. The Morgan fingerprint density at radius 1 is 1.32 bits per heavy atom. The first-order valence-corrected chi connectivity index (χ1v) is 8.34. The van der Waals surface area contributed by atoms with E-state index >= 15 is 0 Å². The van der Waals surface area contributed by atoms with Gasteiger partial charge in [0.05, 0.1) is 0 Å². The fourth-order valence-corrected chi connectivity index (χ4v) is 4.08. The van der Waals surface area contributed by atoms with Crippen LogP contribution < -0.4 is 0 Å². The van der Waals surface area contributed by atoms with Gasteiger partial charge in [-0.25, -0.2) is 8.42 Å². The summed E-state index contributed by atoms with van der Waals surface area (Å²) in [6.45, 7) is 0. The summed E-state index contributed by atoms with van der Waals surface area (Å²) in [6, 6.07) is 8.34. The van der Waals surface area contributed by atoms with Crippen molar-refractivity contribution < 1.29 is 13.2 Å². The van der Waals surface area contributed by atoms with Crippen LogP contribution in [-0.2, 0) is 15.6 Å². The third-order valence-electron chi connectivity index (χ3n) is 2.27. The number of rotatable bonds is 5. The van der Waals surface area contributed by atoms with Gasteiger partial charge < -0.3 is 0 Å². The highest BCUT2D eigenvalue weighted by Gasteiger charge is 2.20. The van der Waals surface area contributed by atoms with E-state index in [0.717, 1.165) is 11.3 Å². The highest BCUT2D eigenvalue weighted by atomic mass is 32.2. The minimum Gasteiger partial charge on any atom is -0.293 e. The summed E-state index contributed by atoms with van der Waals surface area (Å²) in [5, 5.41) is 6.66. The van der Waals surface area contributed by atoms with Gasteiger partial charge in [-0.1, -0.05) is 41.7 Å². The minimum absolute atomic E-state index is 0.274. The molecule has 0 unspecified atom stereocenters. The van der Waals surface area contributed by atoms with Crippen LogP contribution in [0.3, 0.4) is 0 Å². The molecule has 0 fully saturated rings. The molecule has 8 heteroatoms. The van der Waals surface area contributed by atoms with Crippen molar-refractivity contribution >= 4 is 39.2 Å². The lowest BCUT2D eigenvalue weighted by Crippen LogP contribution is -2.17. The first-order valence-electron chi connectivity index (χ1n) is 5.29. The molecule has 0 saturated carbocycles. The molecule has 5 nitrogen and oxygen atoms in total. The lowest BCUT2D eigenvalue weighted by molar-refractivity contribution is 0.102. The number of nitrogens with one attached hydrogen (secondary N) is 1. The molecular weight excluding hydrogens is 304 g/mol. The van der Waals surface area contributed by atoms with Gasteiger partial charge >= 0.3 is 0 Å². The molecular formula is C11H10N2O3S3. The number of aromatic nitrogens is 2. The standard InChI is InChI=1S/C11H10N2O3S3/c14-9(8-4-2-1-3-5-8)6-19(15,16)7-10-12-13-11(17)18-10/h1-5H,6-7H2,(H,13,17). The number of carbonyl (C=O) groups excluding carboxylic acids is 1. The Morgan fingerprint density at radius 3 is 2.58 bits per heavy atom. The van der Waals surface area contributed by atoms with Crippen molar-refractivity contribution in [2.24, 2.45) is 0 Å². The van der Waals surface area contributed by atoms with Crippen LogP contribution in [0.25, 0.3) is 0 Å². The lowest BCUT2D eigenvalue weighted by atomic mass is 10.2. The molecule has 0 atom stereocenters. The predicted molar refractivity (Wildman–Crippen MR) is 75.6 cm³/mol. The number of carbonyl (C=O) groups is 1. The quantitative estimate of drug-likeness (QED) is 0.674. The van der Waals surface area contributed by atoms with Crippen LogP contribution in [0.15, 0.2) is 30.3 Å². The highest BCUT2D eigenvalue weighted by molar-refractivity contribution is 7.91. The number of sulfone groups is 1. The van der Waals surface area contributed by atoms with E-state index < -0.39 is 21.4 Å². The summed E-state index contributed by atoms with van der Waals surface area (Å²) in [4.78, 5) is 11.8. The van der Waals surface area contributed by atoms with Gasteiger partial charge in [-0.15, -0.1) is 0 Å². The molecule has 0 spiro atoms. The topological polar surface area (TPSA) is 79.9 Å². The maximum absolute atomic E-state index is 11.9. The van der Waals surface area contributed by atoms with Crippen molar-refractivity contribution in [3.8, 4) is 0 Å². The maximum atomic E-state index is 11.9. The molecule has 2 rings (SSSR count). The van der Waals surface area contributed by atoms with Gasteiger partial charge in [-0.3, -0.25) is 9.89 Å². The molecule has 100 valence electrons. The number of benzene rings is 1. The molecule has 0 saturated heterocycles. The predicted octanol–water partition coefficient (Wildman–Crippen LogP) is 2.00. The highest BCUT2D eigenvalue weighted by Crippen LogP contribution is 2.11. The number of Topliss-reactive ketones (excluding diaryl/α,β-unsaturated/α-hetero) is 1. The fourth-order valence-electron chi connectivity index (χ4n) is 1.47. The molecule has 0 amide bonds. The maximum Gasteiger partial charge on any atom is 0.177 e. The summed E-state index contributed by atoms with van der Waals surface area (Å²) in [7, 11) is -3.54. The number of hydrogen-bond donors (Lipinski definition) is 1. The third-order valence-corrected chi connectivity index (χ3v) is 4.96. The molecule has 1 aromatic heterocycles. The van der Waals surface area contributed by atoms with Gasteiger partial charge in [-0.2, -0.15) is 5.10 Å². The molecule has 0 aliphatic heterocycles. The number of nitrogens with zero attached hydrogens (tertiary/aromatic N) is 1. The smallest absolute Gasteiger partial charge is 0.177 e. The van der Waals surface area contributed by atoms with Crippen LogP contribution in [0.5, 0.6) is 0 Å². The van der Waals surface area contributed by atoms with E-state index in [2.05, 4.69) is 10.2 Å². The molecule has 1 aromatic carbocycles. The van der Waals surface area contributed by atoms with Crippen LogP contribution in [0, 0.1) is 3.95 Å². The van der Waals surface area contributed by atoms with Crippen molar-refractivity contribution in [3.63, 3.8) is 0 Å². The lowest BCUT2D eigenvalue weighted by Gasteiger charge is -2.01. The summed E-state index contributed by atoms with van der Waals surface area (Å²) >= 11 is 5.92. The average molecular weight is 314 g/mol. The average Bonchev–Trinajstić information content (AvgIpc) is 2.74. The minimum atomic E-state index is -3.54. The van der Waals surface area contributed by atoms with Gasteiger partial charge in [0.1, 0.15) is 16.5 Å². The zero-order chi connectivity index (χ0) is 13.9. The molecule has 0 bridgehead atoms. The van der Waals surface area contributed by atoms with Crippen molar-refractivity contribution in [3.05, 3.63) is 44.9 Å².